The van der Waals surface area contributed by atoms with E-state index in [2.05, 4.69) is 28.2 Å². The third-order valence-electron chi connectivity index (χ3n) is 4.94. The van der Waals surface area contributed by atoms with Gasteiger partial charge in [0.1, 0.15) is 5.82 Å². The fourth-order valence-corrected chi connectivity index (χ4v) is 4.42. The number of rotatable bonds is 4. The Labute approximate surface area is 177 Å². The lowest BCUT2D eigenvalue weighted by atomic mass is 10.1. The number of benzene rings is 2. The van der Waals surface area contributed by atoms with Crippen LogP contribution < -0.4 is 5.56 Å². The summed E-state index contributed by atoms with van der Waals surface area (Å²) in [6.07, 6.45) is 3.57. The first kappa shape index (κ1) is 18.5. The fraction of sp³-hybridized carbons (Fsp3) is 0.0833. The lowest BCUT2D eigenvalue weighted by Gasteiger charge is -2.13. The van der Waals surface area contributed by atoms with Crippen molar-refractivity contribution in [2.75, 3.05) is 0 Å². The Morgan fingerprint density at radius 2 is 1.80 bits per heavy atom. The first-order valence-electron chi connectivity index (χ1n) is 9.61. The molecule has 0 N–H and O–H groups in total. The average Bonchev–Trinajstić information content (AvgIpc) is 2.79. The molecule has 5 rings (SSSR count). The van der Waals surface area contributed by atoms with E-state index in [4.69, 9.17) is 4.98 Å². The molecule has 0 aliphatic heterocycles. The van der Waals surface area contributed by atoms with Crippen LogP contribution in [0.4, 0.5) is 0 Å². The van der Waals surface area contributed by atoms with Gasteiger partial charge < -0.3 is 0 Å². The Bertz CT molecular complexity index is 1420. The van der Waals surface area contributed by atoms with E-state index in [9.17, 15) is 4.79 Å². The average molecular weight is 411 g/mol. The summed E-state index contributed by atoms with van der Waals surface area (Å²) in [5.74, 6) is 1.22. The topological polar surface area (TPSA) is 60.7 Å². The van der Waals surface area contributed by atoms with Crippen LogP contribution >= 0.6 is 11.8 Å². The molecule has 0 aliphatic carbocycles. The van der Waals surface area contributed by atoms with E-state index >= 15 is 0 Å². The Morgan fingerprint density at radius 3 is 2.67 bits per heavy atom. The molecule has 0 bridgehead atoms. The highest BCUT2D eigenvalue weighted by Crippen LogP contribution is 2.27. The molecule has 0 unspecified atom stereocenters. The van der Waals surface area contributed by atoms with Gasteiger partial charge in [0.25, 0.3) is 5.56 Å². The van der Waals surface area contributed by atoms with Gasteiger partial charge in [-0.25, -0.2) is 14.5 Å². The Balaban J connectivity index is 1.63. The van der Waals surface area contributed by atoms with Crippen LogP contribution in [0.15, 0.2) is 89.1 Å². The van der Waals surface area contributed by atoms with E-state index in [0.717, 1.165) is 22.0 Å². The van der Waals surface area contributed by atoms with E-state index in [1.54, 1.807) is 23.0 Å². The summed E-state index contributed by atoms with van der Waals surface area (Å²) in [6, 6.07) is 21.4. The Kier molecular flexibility index (Phi) is 4.77. The second-order valence-electron chi connectivity index (χ2n) is 7.03. The monoisotopic (exact) mass is 410 g/mol. The van der Waals surface area contributed by atoms with Gasteiger partial charge in [-0.1, -0.05) is 54.2 Å². The number of aromatic nitrogens is 4. The predicted octanol–water partition coefficient (Wildman–Crippen LogP) is 4.93. The van der Waals surface area contributed by atoms with Gasteiger partial charge >= 0.3 is 0 Å². The molecule has 0 fully saturated rings. The molecular formula is C24H18N4OS. The summed E-state index contributed by atoms with van der Waals surface area (Å²) in [7, 11) is 0. The molecular weight excluding hydrogens is 392 g/mol. The molecule has 30 heavy (non-hydrogen) atoms. The van der Waals surface area contributed by atoms with E-state index in [-0.39, 0.29) is 5.56 Å². The Hall–Kier alpha value is -3.51. The summed E-state index contributed by atoms with van der Waals surface area (Å²) in [5, 5.41) is 2.29. The molecule has 3 heterocycles. The number of fused-ring (bicyclic) bond motifs is 2. The molecule has 3 aromatic heterocycles. The van der Waals surface area contributed by atoms with Crippen molar-refractivity contribution in [3.05, 3.63) is 101 Å². The second-order valence-corrected chi connectivity index (χ2v) is 7.97. The maximum Gasteiger partial charge on any atom is 0.267 e. The molecule has 0 amide bonds. The van der Waals surface area contributed by atoms with Crippen molar-refractivity contribution < 1.29 is 0 Å². The molecule has 5 aromatic rings. The largest absolute Gasteiger partial charge is 0.268 e. The first-order valence-corrected chi connectivity index (χ1v) is 10.6. The van der Waals surface area contributed by atoms with Crippen LogP contribution in [0.5, 0.6) is 0 Å². The predicted molar refractivity (Wildman–Crippen MR) is 121 cm³/mol. The second kappa shape index (κ2) is 7.72. The van der Waals surface area contributed by atoms with Gasteiger partial charge in [-0.2, -0.15) is 0 Å². The van der Waals surface area contributed by atoms with Crippen molar-refractivity contribution in [2.24, 2.45) is 0 Å². The molecule has 0 aliphatic rings. The van der Waals surface area contributed by atoms with E-state index < -0.39 is 0 Å². The smallest absolute Gasteiger partial charge is 0.267 e. The van der Waals surface area contributed by atoms with Crippen LogP contribution in [0, 0.1) is 6.92 Å². The van der Waals surface area contributed by atoms with Gasteiger partial charge in [-0.05, 0) is 42.3 Å². The zero-order valence-electron chi connectivity index (χ0n) is 16.3. The maximum atomic E-state index is 13.3. The van der Waals surface area contributed by atoms with Gasteiger partial charge in [-0.15, -0.1) is 0 Å². The minimum atomic E-state index is -0.115. The molecule has 146 valence electrons. The highest BCUT2D eigenvalue weighted by atomic mass is 32.2. The van der Waals surface area contributed by atoms with Crippen LogP contribution in [-0.2, 0) is 5.75 Å². The van der Waals surface area contributed by atoms with Crippen molar-refractivity contribution in [3.63, 3.8) is 0 Å². The van der Waals surface area contributed by atoms with Crippen LogP contribution in [0.1, 0.15) is 11.1 Å². The standard InChI is InChI=1S/C24H18N4OS/c1-16-11-12-21(26-14-16)28-23(29)19-9-2-3-10-20(19)27-24(28)30-15-18-7-4-6-17-8-5-13-25-22(17)18/h2-14H,15H2,1H3. The SMILES string of the molecule is Cc1ccc(-n2c(SCc3cccc4cccnc34)nc3ccccc3c2=O)nc1. The van der Waals surface area contributed by atoms with Gasteiger partial charge in [0.15, 0.2) is 5.16 Å². The van der Waals surface area contributed by atoms with Gasteiger partial charge in [-0.3, -0.25) is 9.78 Å². The van der Waals surface area contributed by atoms with Crippen molar-refractivity contribution in [2.45, 2.75) is 17.8 Å². The van der Waals surface area contributed by atoms with Crippen LogP contribution in [0.25, 0.3) is 27.6 Å². The van der Waals surface area contributed by atoms with Crippen LogP contribution in [-0.4, -0.2) is 19.5 Å². The number of aryl methyl sites for hydroxylation is 1. The van der Waals surface area contributed by atoms with Crippen molar-refractivity contribution in [1.82, 2.24) is 19.5 Å². The molecule has 0 saturated carbocycles. The van der Waals surface area contributed by atoms with Crippen molar-refractivity contribution in [3.8, 4) is 5.82 Å². The molecule has 2 aromatic carbocycles. The summed E-state index contributed by atoms with van der Waals surface area (Å²) < 4.78 is 1.60. The number of hydrogen-bond acceptors (Lipinski definition) is 5. The molecule has 0 spiro atoms. The Morgan fingerprint density at radius 1 is 0.933 bits per heavy atom. The van der Waals surface area contributed by atoms with Gasteiger partial charge in [0, 0.05) is 23.5 Å². The number of hydrogen-bond donors (Lipinski definition) is 0. The lowest BCUT2D eigenvalue weighted by molar-refractivity contribution is 0.794. The first-order chi connectivity index (χ1) is 14.7. The van der Waals surface area contributed by atoms with Crippen LogP contribution in [0.2, 0.25) is 0 Å². The molecule has 0 atom stereocenters. The summed E-state index contributed by atoms with van der Waals surface area (Å²) in [5.41, 5.74) is 3.68. The minimum Gasteiger partial charge on any atom is -0.268 e. The van der Waals surface area contributed by atoms with E-state index in [1.165, 1.54) is 11.8 Å². The van der Waals surface area contributed by atoms with E-state index in [0.29, 0.717) is 27.6 Å². The summed E-state index contributed by atoms with van der Waals surface area (Å²) in [6.45, 7) is 1.97. The highest BCUT2D eigenvalue weighted by molar-refractivity contribution is 7.98. The number of nitrogens with zero attached hydrogens (tertiary/aromatic N) is 4. The van der Waals surface area contributed by atoms with Crippen LogP contribution in [0.3, 0.4) is 0 Å². The quantitative estimate of drug-likeness (QED) is 0.311. The zero-order chi connectivity index (χ0) is 20.5. The number of thioether (sulfide) groups is 1. The highest BCUT2D eigenvalue weighted by Gasteiger charge is 2.15. The van der Waals surface area contributed by atoms with E-state index in [1.807, 2.05) is 49.4 Å². The summed E-state index contributed by atoms with van der Waals surface area (Å²) in [4.78, 5) is 27.1. The van der Waals surface area contributed by atoms with Crippen molar-refractivity contribution in [1.29, 1.82) is 0 Å². The molecule has 0 saturated heterocycles. The molecule has 5 nitrogen and oxygen atoms in total. The van der Waals surface area contributed by atoms with Gasteiger partial charge in [0.2, 0.25) is 0 Å². The number of para-hydroxylation sites is 2. The third kappa shape index (κ3) is 3.35. The van der Waals surface area contributed by atoms with Crippen molar-refractivity contribution >= 4 is 33.6 Å². The normalized spacial score (nSPS) is 11.2. The fourth-order valence-electron chi connectivity index (χ4n) is 3.43. The van der Waals surface area contributed by atoms with Gasteiger partial charge in [0.05, 0.1) is 16.4 Å². The summed E-state index contributed by atoms with van der Waals surface area (Å²) >= 11 is 1.51. The third-order valence-corrected chi connectivity index (χ3v) is 5.93. The number of pyridine rings is 2. The maximum absolute atomic E-state index is 13.3. The molecule has 0 radical (unpaired) electrons. The molecule has 6 heteroatoms. The lowest BCUT2D eigenvalue weighted by Crippen LogP contribution is -2.22. The zero-order valence-corrected chi connectivity index (χ0v) is 17.1. The minimum absolute atomic E-state index is 0.115.